The van der Waals surface area contributed by atoms with Crippen molar-refractivity contribution in [3.63, 3.8) is 0 Å². The second kappa shape index (κ2) is 8.14. The van der Waals surface area contributed by atoms with Crippen LogP contribution in [-0.4, -0.2) is 37.0 Å². The molecule has 0 saturated heterocycles. The van der Waals surface area contributed by atoms with Crippen LogP contribution in [0.1, 0.15) is 27.7 Å². The van der Waals surface area contributed by atoms with Crippen molar-refractivity contribution in [1.29, 1.82) is 0 Å². The average molecular weight is 366 g/mol. The summed E-state index contributed by atoms with van der Waals surface area (Å²) in [6.07, 6.45) is 12.4. The molecule has 0 aromatic heterocycles. The second-order valence-corrected chi connectivity index (χ2v) is 7.39. The van der Waals surface area contributed by atoms with Crippen LogP contribution < -0.4 is 10.6 Å². The van der Waals surface area contributed by atoms with Gasteiger partial charge in [0.2, 0.25) is 4.75 Å². The molecular weight excluding hydrogens is 344 g/mol. The van der Waals surface area contributed by atoms with Gasteiger partial charge in [0, 0.05) is 6.20 Å². The molecule has 0 saturated carbocycles. The summed E-state index contributed by atoms with van der Waals surface area (Å²) in [4.78, 5) is 24.7. The lowest BCUT2D eigenvalue weighted by Crippen LogP contribution is -2.55. The molecule has 8 heteroatoms. The molecular formula is C17H22N2O5S. The number of carbonyl (C=O) groups is 2. The molecule has 2 unspecified atom stereocenters. The third-order valence-electron chi connectivity index (χ3n) is 3.14. The molecule has 3 N–H and O–H groups in total. The molecule has 25 heavy (non-hydrogen) atoms. The van der Waals surface area contributed by atoms with Crippen molar-refractivity contribution in [3.05, 3.63) is 36.2 Å². The van der Waals surface area contributed by atoms with Gasteiger partial charge in [-0.25, -0.2) is 9.00 Å². The first-order chi connectivity index (χ1) is 11.5. The third kappa shape index (κ3) is 5.05. The molecule has 0 aliphatic carbocycles. The van der Waals surface area contributed by atoms with Crippen molar-refractivity contribution >= 4 is 23.0 Å². The minimum absolute atomic E-state index is 0.0590. The minimum Gasteiger partial charge on any atom is -0.444 e. The molecule has 0 bridgehead atoms. The zero-order chi connectivity index (χ0) is 19.3. The number of rotatable bonds is 5. The van der Waals surface area contributed by atoms with Crippen molar-refractivity contribution in [1.82, 2.24) is 10.6 Å². The zero-order valence-corrected chi connectivity index (χ0v) is 15.3. The molecule has 1 aliphatic heterocycles. The highest BCUT2D eigenvalue weighted by Crippen LogP contribution is 2.25. The summed E-state index contributed by atoms with van der Waals surface area (Å²) in [5.41, 5.74) is -0.694. The fourth-order valence-electron chi connectivity index (χ4n) is 2.04. The Labute approximate surface area is 149 Å². The Morgan fingerprint density at radius 3 is 2.52 bits per heavy atom. The Balaban J connectivity index is 3.14. The van der Waals surface area contributed by atoms with Gasteiger partial charge in [-0.2, -0.15) is 0 Å². The predicted molar refractivity (Wildman–Crippen MR) is 95.7 cm³/mol. The Morgan fingerprint density at radius 1 is 1.36 bits per heavy atom. The summed E-state index contributed by atoms with van der Waals surface area (Å²) >= 11 is -2.73. The molecule has 136 valence electrons. The summed E-state index contributed by atoms with van der Waals surface area (Å²) in [6, 6.07) is -1.15. The van der Waals surface area contributed by atoms with Gasteiger partial charge in [0.05, 0.1) is 11.7 Å². The summed E-state index contributed by atoms with van der Waals surface area (Å²) in [7, 11) is 0. The quantitative estimate of drug-likeness (QED) is 0.504. The molecule has 1 amide bonds. The van der Waals surface area contributed by atoms with Gasteiger partial charge in [0.1, 0.15) is 5.60 Å². The number of ether oxygens (including phenoxy) is 1. The topological polar surface area (TPSA) is 105 Å². The lowest BCUT2D eigenvalue weighted by atomic mass is 9.94. The molecule has 0 fully saturated rings. The van der Waals surface area contributed by atoms with Gasteiger partial charge in [-0.15, -0.1) is 6.42 Å². The van der Waals surface area contributed by atoms with E-state index in [-0.39, 0.29) is 5.70 Å². The monoisotopic (exact) mass is 366 g/mol. The van der Waals surface area contributed by atoms with E-state index >= 15 is 0 Å². The summed E-state index contributed by atoms with van der Waals surface area (Å²) in [6.45, 7) is 6.39. The second-order valence-electron chi connectivity index (χ2n) is 6.28. The van der Waals surface area contributed by atoms with Crippen molar-refractivity contribution in [2.45, 2.75) is 44.1 Å². The van der Waals surface area contributed by atoms with Crippen LogP contribution in [-0.2, 0) is 20.6 Å². The van der Waals surface area contributed by atoms with Crippen LogP contribution in [0.5, 0.6) is 0 Å². The largest absolute Gasteiger partial charge is 0.444 e. The molecule has 7 nitrogen and oxygen atoms in total. The third-order valence-corrected chi connectivity index (χ3v) is 4.20. The Kier molecular flexibility index (Phi) is 6.73. The molecule has 3 atom stereocenters. The molecule has 0 aromatic rings. The highest BCUT2D eigenvalue weighted by atomic mass is 32.2. The number of hydrogen-bond acceptors (Lipinski definition) is 5. The van der Waals surface area contributed by atoms with Crippen LogP contribution in [0.3, 0.4) is 0 Å². The normalized spacial score (nSPS) is 18.5. The molecule has 0 spiro atoms. The predicted octanol–water partition coefficient (Wildman–Crippen LogP) is 1.62. The number of hydrogen-bond donors (Lipinski definition) is 3. The van der Waals surface area contributed by atoms with E-state index in [4.69, 9.17) is 11.2 Å². The van der Waals surface area contributed by atoms with E-state index in [1.807, 2.05) is 0 Å². The van der Waals surface area contributed by atoms with Crippen LogP contribution >= 0.6 is 0 Å². The lowest BCUT2D eigenvalue weighted by molar-refractivity contribution is -0.121. The minimum atomic E-state index is -2.73. The van der Waals surface area contributed by atoms with Gasteiger partial charge >= 0.3 is 6.09 Å². The van der Waals surface area contributed by atoms with Crippen molar-refractivity contribution < 1.29 is 23.1 Å². The van der Waals surface area contributed by atoms with E-state index in [2.05, 4.69) is 16.6 Å². The number of nitrogens with one attached hydrogen (secondary N) is 2. The van der Waals surface area contributed by atoms with Crippen molar-refractivity contribution in [2.75, 3.05) is 0 Å². The fourth-order valence-corrected chi connectivity index (χ4v) is 2.81. The zero-order valence-electron chi connectivity index (χ0n) is 14.5. The van der Waals surface area contributed by atoms with Crippen molar-refractivity contribution in [3.8, 4) is 12.3 Å². The first kappa shape index (κ1) is 20.7. The van der Waals surface area contributed by atoms with Gasteiger partial charge in [-0.3, -0.25) is 4.79 Å². The maximum absolute atomic E-state index is 12.9. The van der Waals surface area contributed by atoms with Gasteiger partial charge in [0.25, 0.3) is 0 Å². The maximum Gasteiger partial charge on any atom is 0.408 e. The fraction of sp³-hybridized carbons (Fsp3) is 0.412. The van der Waals surface area contributed by atoms with Gasteiger partial charge in [-0.1, -0.05) is 18.1 Å². The van der Waals surface area contributed by atoms with Gasteiger partial charge < -0.3 is 19.9 Å². The molecule has 1 heterocycles. The summed E-state index contributed by atoms with van der Waals surface area (Å²) in [5.74, 6) is 1.31. The van der Waals surface area contributed by atoms with Crippen molar-refractivity contribution in [2.24, 2.45) is 0 Å². The number of allylic oxidation sites excluding steroid dienone is 4. The first-order valence-electron chi connectivity index (χ1n) is 7.47. The average Bonchev–Trinajstić information content (AvgIpc) is 2.75. The number of amides is 1. The standard InChI is InChI=1S/C17H22N2O5S/c1-6-17(25(22)23,13-10-8-7-9-11-18-13)14(20)12(2)19-15(21)24-16(3,4)5/h1,7-12,18H,2-5H3,(H,19,21)(H,22,23)/t12-,17?/m0/s1. The van der Waals surface area contributed by atoms with Crippen LogP contribution in [0.2, 0.25) is 0 Å². The smallest absolute Gasteiger partial charge is 0.408 e. The lowest BCUT2D eigenvalue weighted by Gasteiger charge is -2.29. The van der Waals surface area contributed by atoms with Gasteiger partial charge in [0.15, 0.2) is 16.9 Å². The molecule has 0 radical (unpaired) electrons. The highest BCUT2D eigenvalue weighted by Gasteiger charge is 2.49. The SMILES string of the molecule is C#CC(C(=O)[C@H](C)NC(=O)OC(C)(C)C)(C1=CC=CC=CN1)S(=O)O. The van der Waals surface area contributed by atoms with Crippen LogP contribution in [0.4, 0.5) is 4.79 Å². The number of terminal acetylenes is 1. The van der Waals surface area contributed by atoms with E-state index in [0.29, 0.717) is 0 Å². The number of carbonyl (C=O) groups excluding carboxylic acids is 2. The number of Topliss-reactive ketones (excluding diaryl/α,β-unsaturated/α-hetero) is 1. The maximum atomic E-state index is 12.9. The molecule has 0 aromatic carbocycles. The summed E-state index contributed by atoms with van der Waals surface area (Å²) < 4.78 is 24.7. The van der Waals surface area contributed by atoms with Crippen LogP contribution in [0, 0.1) is 12.3 Å². The Hall–Kier alpha value is -2.37. The first-order valence-corrected chi connectivity index (χ1v) is 8.58. The number of ketones is 1. The van der Waals surface area contributed by atoms with E-state index in [0.717, 1.165) is 0 Å². The van der Waals surface area contributed by atoms with E-state index in [1.165, 1.54) is 19.2 Å². The summed E-state index contributed by atoms with van der Waals surface area (Å²) in [5, 5.41) is 5.08. The van der Waals surface area contributed by atoms with E-state index in [1.54, 1.807) is 39.0 Å². The highest BCUT2D eigenvalue weighted by molar-refractivity contribution is 7.82. The van der Waals surface area contributed by atoms with Crippen LogP contribution in [0.15, 0.2) is 36.2 Å². The Morgan fingerprint density at radius 2 is 2.00 bits per heavy atom. The molecule has 1 aliphatic rings. The van der Waals surface area contributed by atoms with E-state index < -0.39 is 39.3 Å². The van der Waals surface area contributed by atoms with Crippen LogP contribution in [0.25, 0.3) is 0 Å². The van der Waals surface area contributed by atoms with Gasteiger partial charge in [-0.05, 0) is 39.8 Å². The molecule has 1 rings (SSSR count). The number of alkyl carbamates (subject to hydrolysis) is 1. The van der Waals surface area contributed by atoms with E-state index in [9.17, 15) is 18.4 Å². The Bertz CT molecular complexity index is 697.